The monoisotopic (exact) mass is 284 g/mol. The molecule has 1 fully saturated rings. The van der Waals surface area contributed by atoms with Gasteiger partial charge in [0, 0.05) is 18.1 Å². The van der Waals surface area contributed by atoms with Crippen molar-refractivity contribution in [3.8, 4) is 0 Å². The molecule has 17 heavy (non-hydrogen) atoms. The highest BCUT2D eigenvalue weighted by Gasteiger charge is 2.00. The second-order valence-corrected chi connectivity index (χ2v) is 4.61. The number of aromatic nitrogens is 2. The van der Waals surface area contributed by atoms with E-state index in [0.717, 1.165) is 12.5 Å². The van der Waals surface area contributed by atoms with Gasteiger partial charge in [-0.15, -0.1) is 11.8 Å². The summed E-state index contributed by atoms with van der Waals surface area (Å²) in [6.45, 7) is 0.963. The Bertz CT molecular complexity index is 357. The maximum Gasteiger partial charge on any atom is 0.466 e. The lowest BCUT2D eigenvalue weighted by atomic mass is 10.7. The van der Waals surface area contributed by atoms with Gasteiger partial charge in [-0.05, 0) is 6.07 Å². The molecule has 0 unspecified atom stereocenters. The highest BCUT2D eigenvalue weighted by Crippen LogP contribution is 2.25. The van der Waals surface area contributed by atoms with Crippen molar-refractivity contribution in [1.29, 1.82) is 0 Å². The minimum absolute atomic E-state index is 0.303. The van der Waals surface area contributed by atoms with Crippen LogP contribution < -0.4 is 5.69 Å². The minimum atomic E-state index is -4.64. The molecule has 98 valence electrons. The van der Waals surface area contributed by atoms with Gasteiger partial charge in [-0.25, -0.2) is 14.3 Å². The maximum atomic E-state index is 10.1. The third kappa shape index (κ3) is 17.9. The van der Waals surface area contributed by atoms with Crippen molar-refractivity contribution < 1.29 is 24.0 Å². The number of H-pyrrole nitrogens is 1. The summed E-state index contributed by atoms with van der Waals surface area (Å²) in [5.41, 5.74) is -0.303. The van der Waals surface area contributed by atoms with Crippen LogP contribution in [0.15, 0.2) is 23.3 Å². The summed E-state index contributed by atoms with van der Waals surface area (Å²) in [5, 5.41) is 0. The number of hydrogen-bond donors (Lipinski definition) is 4. The zero-order valence-corrected chi connectivity index (χ0v) is 10.4. The van der Waals surface area contributed by atoms with E-state index in [-0.39, 0.29) is 5.69 Å². The van der Waals surface area contributed by atoms with Crippen LogP contribution in [0.5, 0.6) is 0 Å². The number of phosphoric acid groups is 1. The summed E-state index contributed by atoms with van der Waals surface area (Å²) >= 11 is 1.85. The van der Waals surface area contributed by atoms with Crippen LogP contribution in [-0.4, -0.2) is 42.9 Å². The molecule has 1 aliphatic rings. The molecule has 10 heteroatoms. The molecule has 1 aromatic rings. The summed E-state index contributed by atoms with van der Waals surface area (Å²) in [6.07, 6.45) is 2.98. The van der Waals surface area contributed by atoms with E-state index < -0.39 is 7.82 Å². The van der Waals surface area contributed by atoms with Gasteiger partial charge >= 0.3 is 13.5 Å². The molecule has 8 nitrogen and oxygen atoms in total. The number of nitrogens with one attached hydrogen (secondary N) is 1. The Hall–Kier alpha value is -0.700. The summed E-state index contributed by atoms with van der Waals surface area (Å²) in [4.78, 5) is 37.4. The Labute approximate surface area is 101 Å². The van der Waals surface area contributed by atoms with Crippen molar-refractivity contribution in [2.24, 2.45) is 0 Å². The molecule has 0 bridgehead atoms. The average Bonchev–Trinajstić information content (AvgIpc) is 2.73. The zero-order chi connectivity index (χ0) is 13.1. The van der Waals surface area contributed by atoms with Crippen molar-refractivity contribution in [3.63, 3.8) is 0 Å². The topological polar surface area (TPSA) is 133 Å². The van der Waals surface area contributed by atoms with Crippen molar-refractivity contribution in [3.05, 3.63) is 28.9 Å². The summed E-state index contributed by atoms with van der Waals surface area (Å²) in [7, 11) is -4.64. The number of thioether (sulfide) groups is 1. The third-order valence-electron chi connectivity index (χ3n) is 1.12. The first kappa shape index (κ1) is 16.3. The largest absolute Gasteiger partial charge is 0.466 e. The first-order valence-electron chi connectivity index (χ1n) is 4.33. The Morgan fingerprint density at radius 2 is 2.12 bits per heavy atom. The quantitative estimate of drug-likeness (QED) is 0.471. The number of nitrogens with zero attached hydrogens (tertiary/aromatic N) is 1. The molecule has 0 aromatic carbocycles. The van der Waals surface area contributed by atoms with E-state index in [9.17, 15) is 4.79 Å². The highest BCUT2D eigenvalue weighted by molar-refractivity contribution is 7.99. The molecule has 0 spiro atoms. The van der Waals surface area contributed by atoms with E-state index in [1.165, 1.54) is 18.1 Å². The second kappa shape index (κ2) is 9.34. The van der Waals surface area contributed by atoms with Gasteiger partial charge in [0.05, 0.1) is 12.5 Å². The number of ether oxygens (including phenoxy) is 1. The van der Waals surface area contributed by atoms with Crippen LogP contribution in [-0.2, 0) is 9.30 Å². The Morgan fingerprint density at radius 3 is 2.29 bits per heavy atom. The van der Waals surface area contributed by atoms with Gasteiger partial charge in [0.15, 0.2) is 0 Å². The van der Waals surface area contributed by atoms with E-state index in [0.29, 0.717) is 0 Å². The van der Waals surface area contributed by atoms with Crippen LogP contribution >= 0.6 is 19.6 Å². The summed E-state index contributed by atoms with van der Waals surface area (Å²) < 4.78 is 13.8. The van der Waals surface area contributed by atoms with Gasteiger partial charge < -0.3 is 24.4 Å². The third-order valence-corrected chi connectivity index (χ3v) is 1.91. The molecule has 0 amide bonds. The van der Waals surface area contributed by atoms with Crippen LogP contribution in [0.4, 0.5) is 0 Å². The molecule has 0 aliphatic carbocycles. The lowest BCUT2D eigenvalue weighted by Crippen LogP contribution is -2.05. The minimum Gasteiger partial charge on any atom is -0.370 e. The SMILES string of the molecule is C1CSCO1.O=P(O)(O)O.O=c1nccc[nH]1. The predicted octanol–water partition coefficient (Wildman–Crippen LogP) is -0.451. The van der Waals surface area contributed by atoms with Gasteiger partial charge in [-0.1, -0.05) is 0 Å². The van der Waals surface area contributed by atoms with Crippen LogP contribution in [0.25, 0.3) is 0 Å². The second-order valence-electron chi connectivity index (χ2n) is 2.53. The zero-order valence-electron chi connectivity index (χ0n) is 8.72. The van der Waals surface area contributed by atoms with E-state index in [1.54, 1.807) is 6.07 Å². The molecule has 1 aromatic heterocycles. The number of hydrogen-bond acceptors (Lipinski definition) is 5. The Kier molecular flexibility index (Phi) is 8.96. The van der Waals surface area contributed by atoms with Crippen LogP contribution in [0.1, 0.15) is 0 Å². The standard InChI is InChI=1S/C4H4N2O.C3H6OS.H3O4P/c7-4-5-2-1-3-6-4;1-2-5-3-4-1;1-5(2,3)4/h1-3H,(H,5,6,7);1-3H2;(H3,1,2,3,4). The maximum absolute atomic E-state index is 10.1. The lowest BCUT2D eigenvalue weighted by Gasteiger charge is -1.82. The van der Waals surface area contributed by atoms with Crippen molar-refractivity contribution in [2.45, 2.75) is 0 Å². The van der Waals surface area contributed by atoms with E-state index >= 15 is 0 Å². The van der Waals surface area contributed by atoms with Gasteiger partial charge in [0.25, 0.3) is 0 Å². The average molecular weight is 284 g/mol. The number of aromatic amines is 1. The lowest BCUT2D eigenvalue weighted by molar-refractivity contribution is 0.217. The Morgan fingerprint density at radius 1 is 1.47 bits per heavy atom. The fraction of sp³-hybridized carbons (Fsp3) is 0.429. The molecule has 0 radical (unpaired) electrons. The summed E-state index contributed by atoms with van der Waals surface area (Å²) in [6, 6.07) is 1.65. The number of rotatable bonds is 0. The molecule has 2 heterocycles. The highest BCUT2D eigenvalue weighted by atomic mass is 32.2. The Balaban J connectivity index is 0.000000232. The van der Waals surface area contributed by atoms with Crippen LogP contribution in [0.2, 0.25) is 0 Å². The van der Waals surface area contributed by atoms with Gasteiger partial charge in [-0.2, -0.15) is 0 Å². The first-order valence-corrected chi connectivity index (χ1v) is 7.05. The van der Waals surface area contributed by atoms with Crippen LogP contribution in [0.3, 0.4) is 0 Å². The fourth-order valence-electron chi connectivity index (χ4n) is 0.605. The molecule has 2 rings (SSSR count). The normalized spacial score (nSPS) is 14.1. The van der Waals surface area contributed by atoms with Crippen molar-refractivity contribution in [1.82, 2.24) is 9.97 Å². The fourth-order valence-corrected chi connectivity index (χ4v) is 1.19. The predicted molar refractivity (Wildman–Crippen MR) is 62.4 cm³/mol. The van der Waals surface area contributed by atoms with Crippen molar-refractivity contribution >= 4 is 19.6 Å². The molecule has 0 atom stereocenters. The van der Waals surface area contributed by atoms with E-state index in [1.807, 2.05) is 11.8 Å². The molecule has 0 saturated carbocycles. The molecule has 1 aliphatic heterocycles. The summed E-state index contributed by atoms with van der Waals surface area (Å²) in [5.74, 6) is 2.11. The molecule has 1 saturated heterocycles. The van der Waals surface area contributed by atoms with E-state index in [4.69, 9.17) is 24.0 Å². The van der Waals surface area contributed by atoms with Gasteiger partial charge in [0.1, 0.15) is 0 Å². The van der Waals surface area contributed by atoms with Gasteiger partial charge in [0.2, 0.25) is 0 Å². The smallest absolute Gasteiger partial charge is 0.370 e. The molecular formula is C7H13N2O6PS. The van der Waals surface area contributed by atoms with Gasteiger partial charge in [-0.3, -0.25) is 0 Å². The van der Waals surface area contributed by atoms with Crippen LogP contribution in [0, 0.1) is 0 Å². The first-order chi connectivity index (χ1) is 7.89. The molecular weight excluding hydrogens is 271 g/mol. The van der Waals surface area contributed by atoms with Crippen molar-refractivity contribution in [2.75, 3.05) is 18.3 Å². The van der Waals surface area contributed by atoms with E-state index in [2.05, 4.69) is 9.97 Å². The molecule has 4 N–H and O–H groups in total.